The third-order valence-corrected chi connectivity index (χ3v) is 7.11. The number of hydrogen-bond acceptors (Lipinski definition) is 3. The van der Waals surface area contributed by atoms with Crippen LogP contribution in [0.3, 0.4) is 0 Å². The Hall–Kier alpha value is -4.31. The van der Waals surface area contributed by atoms with Crippen molar-refractivity contribution in [1.29, 1.82) is 0 Å². The van der Waals surface area contributed by atoms with Gasteiger partial charge in [-0.05, 0) is 60.7 Å². The van der Waals surface area contributed by atoms with Crippen molar-refractivity contribution in [3.63, 3.8) is 0 Å². The van der Waals surface area contributed by atoms with Crippen molar-refractivity contribution in [2.75, 3.05) is 38.7 Å². The molecule has 0 atom stereocenters. The first kappa shape index (κ1) is 30.6. The summed E-state index contributed by atoms with van der Waals surface area (Å²) in [6.45, 7) is 2.80. The van der Waals surface area contributed by atoms with Gasteiger partial charge in [-0.3, -0.25) is 4.79 Å². The Morgan fingerprint density at radius 1 is 0.929 bits per heavy atom. The Kier molecular flexibility index (Phi) is 10.2. The SMILES string of the molecule is COCCCN(CC(=O)N(CCc1c[nH]c2ccccc12)Cc1ccc(C(F)(F)F)cc1)C(=O)Nc1ccccc1C. The van der Waals surface area contributed by atoms with Crippen LogP contribution in [0.25, 0.3) is 10.9 Å². The molecule has 4 rings (SSSR count). The highest BCUT2D eigenvalue weighted by molar-refractivity contribution is 5.93. The van der Waals surface area contributed by atoms with E-state index < -0.39 is 17.8 Å². The molecule has 42 heavy (non-hydrogen) atoms. The number of methoxy groups -OCH3 is 1. The molecule has 0 unspecified atom stereocenters. The fraction of sp³-hybridized carbons (Fsp3) is 0.312. The maximum absolute atomic E-state index is 13.7. The molecule has 0 radical (unpaired) electrons. The maximum atomic E-state index is 13.7. The largest absolute Gasteiger partial charge is 0.416 e. The number of aromatic amines is 1. The number of nitrogens with one attached hydrogen (secondary N) is 2. The average molecular weight is 581 g/mol. The number of carbonyl (C=O) groups excluding carboxylic acids is 2. The van der Waals surface area contributed by atoms with Gasteiger partial charge >= 0.3 is 12.2 Å². The highest BCUT2D eigenvalue weighted by Crippen LogP contribution is 2.29. The summed E-state index contributed by atoms with van der Waals surface area (Å²) >= 11 is 0. The second-order valence-corrected chi connectivity index (χ2v) is 10.1. The summed E-state index contributed by atoms with van der Waals surface area (Å²) in [6.07, 6.45) is -1.50. The molecule has 222 valence electrons. The highest BCUT2D eigenvalue weighted by atomic mass is 19.4. The van der Waals surface area contributed by atoms with E-state index in [-0.39, 0.29) is 25.5 Å². The van der Waals surface area contributed by atoms with E-state index >= 15 is 0 Å². The van der Waals surface area contributed by atoms with Crippen LogP contribution in [-0.2, 0) is 28.7 Å². The van der Waals surface area contributed by atoms with Crippen molar-refractivity contribution in [1.82, 2.24) is 14.8 Å². The third kappa shape index (κ3) is 8.13. The van der Waals surface area contributed by atoms with Gasteiger partial charge in [0.15, 0.2) is 0 Å². The lowest BCUT2D eigenvalue weighted by Crippen LogP contribution is -2.45. The number of H-pyrrole nitrogens is 1. The maximum Gasteiger partial charge on any atom is 0.416 e. The molecule has 0 saturated heterocycles. The van der Waals surface area contributed by atoms with Crippen molar-refractivity contribution in [3.8, 4) is 0 Å². The van der Waals surface area contributed by atoms with Gasteiger partial charge in [0.1, 0.15) is 6.54 Å². The Labute approximate surface area is 243 Å². The zero-order valence-corrected chi connectivity index (χ0v) is 23.7. The Bertz CT molecular complexity index is 1480. The normalized spacial score (nSPS) is 11.5. The molecular weight excluding hydrogens is 545 g/mol. The fourth-order valence-electron chi connectivity index (χ4n) is 4.73. The number of anilines is 1. The topological polar surface area (TPSA) is 77.7 Å². The van der Waals surface area contributed by atoms with Gasteiger partial charge in [0, 0.05) is 56.1 Å². The van der Waals surface area contributed by atoms with Crippen LogP contribution in [-0.4, -0.2) is 60.1 Å². The number of aryl methyl sites for hydroxylation is 1. The number of alkyl halides is 3. The summed E-state index contributed by atoms with van der Waals surface area (Å²) in [5, 5.41) is 3.93. The van der Waals surface area contributed by atoms with Gasteiger partial charge < -0.3 is 24.8 Å². The van der Waals surface area contributed by atoms with Crippen molar-refractivity contribution in [2.24, 2.45) is 0 Å². The van der Waals surface area contributed by atoms with Crippen molar-refractivity contribution >= 4 is 28.5 Å². The molecule has 1 heterocycles. The summed E-state index contributed by atoms with van der Waals surface area (Å²) in [4.78, 5) is 33.3. The van der Waals surface area contributed by atoms with E-state index in [2.05, 4.69) is 10.3 Å². The van der Waals surface area contributed by atoms with Crippen molar-refractivity contribution in [3.05, 3.63) is 101 Å². The van der Waals surface area contributed by atoms with Crippen LogP contribution in [0.1, 0.15) is 28.7 Å². The van der Waals surface area contributed by atoms with Crippen LogP contribution in [0.4, 0.5) is 23.7 Å². The number of carbonyl (C=O) groups is 2. The summed E-state index contributed by atoms with van der Waals surface area (Å²) in [7, 11) is 1.57. The van der Waals surface area contributed by atoms with E-state index in [9.17, 15) is 22.8 Å². The first-order valence-corrected chi connectivity index (χ1v) is 13.7. The molecule has 2 N–H and O–H groups in total. The second kappa shape index (κ2) is 14.0. The highest BCUT2D eigenvalue weighted by Gasteiger charge is 2.30. The smallest absolute Gasteiger partial charge is 0.385 e. The molecule has 0 saturated carbocycles. The van der Waals surface area contributed by atoms with Crippen LogP contribution in [0.15, 0.2) is 79.0 Å². The molecule has 0 fully saturated rings. The number of urea groups is 1. The molecule has 3 aromatic carbocycles. The number of benzene rings is 3. The Morgan fingerprint density at radius 2 is 1.64 bits per heavy atom. The standard InChI is InChI=1S/C32H35F3N4O3/c1-23-8-3-5-10-28(23)37-31(41)39(17-7-19-42-2)22-30(40)38(21-24-12-14-26(15-13-24)32(33,34)35)18-16-25-20-36-29-11-6-4-9-27(25)29/h3-6,8-15,20,36H,7,16-19,21-22H2,1-2H3,(H,37,41). The summed E-state index contributed by atoms with van der Waals surface area (Å²) in [5.74, 6) is -0.313. The van der Waals surface area contributed by atoms with Gasteiger partial charge in [-0.15, -0.1) is 0 Å². The van der Waals surface area contributed by atoms with Crippen molar-refractivity contribution in [2.45, 2.75) is 32.5 Å². The average Bonchev–Trinajstić information content (AvgIpc) is 3.38. The molecule has 0 spiro atoms. The predicted octanol–water partition coefficient (Wildman–Crippen LogP) is 6.64. The zero-order valence-electron chi connectivity index (χ0n) is 23.7. The number of fused-ring (bicyclic) bond motifs is 1. The summed E-state index contributed by atoms with van der Waals surface area (Å²) < 4.78 is 44.5. The lowest BCUT2D eigenvalue weighted by molar-refractivity contribution is -0.137. The van der Waals surface area contributed by atoms with E-state index in [0.717, 1.165) is 34.2 Å². The van der Waals surface area contributed by atoms with Gasteiger partial charge in [-0.25, -0.2) is 4.79 Å². The minimum atomic E-state index is -4.45. The van der Waals surface area contributed by atoms with E-state index in [1.807, 2.05) is 55.6 Å². The fourth-order valence-corrected chi connectivity index (χ4v) is 4.73. The van der Waals surface area contributed by atoms with Gasteiger partial charge in [0.2, 0.25) is 5.91 Å². The molecule has 0 aliphatic rings. The van der Waals surface area contributed by atoms with E-state index in [1.165, 1.54) is 17.0 Å². The van der Waals surface area contributed by atoms with Gasteiger partial charge in [-0.1, -0.05) is 48.5 Å². The monoisotopic (exact) mass is 580 g/mol. The molecule has 7 nitrogen and oxygen atoms in total. The Morgan fingerprint density at radius 3 is 2.36 bits per heavy atom. The number of nitrogens with zero attached hydrogens (tertiary/aromatic N) is 2. The van der Waals surface area contributed by atoms with Crippen LogP contribution < -0.4 is 5.32 Å². The van der Waals surface area contributed by atoms with Crippen LogP contribution in [0, 0.1) is 6.92 Å². The third-order valence-electron chi connectivity index (χ3n) is 7.11. The van der Waals surface area contributed by atoms with E-state index in [4.69, 9.17) is 4.74 Å². The summed E-state index contributed by atoms with van der Waals surface area (Å²) in [5.41, 5.74) is 3.34. The molecule has 10 heteroatoms. The molecule has 1 aromatic heterocycles. The minimum absolute atomic E-state index is 0.102. The summed E-state index contributed by atoms with van der Waals surface area (Å²) in [6, 6.07) is 19.6. The van der Waals surface area contributed by atoms with Gasteiger partial charge in [-0.2, -0.15) is 13.2 Å². The predicted molar refractivity (Wildman–Crippen MR) is 157 cm³/mol. The first-order valence-electron chi connectivity index (χ1n) is 13.7. The van der Waals surface area contributed by atoms with Crippen LogP contribution in [0.5, 0.6) is 0 Å². The number of ether oxygens (including phenoxy) is 1. The number of hydrogen-bond donors (Lipinski definition) is 2. The number of para-hydroxylation sites is 2. The first-order chi connectivity index (χ1) is 20.2. The number of amides is 3. The number of aromatic nitrogens is 1. The molecular formula is C32H35F3N4O3. The molecule has 0 bridgehead atoms. The minimum Gasteiger partial charge on any atom is -0.385 e. The number of halogens is 3. The lowest BCUT2D eigenvalue weighted by Gasteiger charge is -2.28. The quantitative estimate of drug-likeness (QED) is 0.185. The zero-order chi connectivity index (χ0) is 30.1. The van der Waals surface area contributed by atoms with Crippen LogP contribution in [0.2, 0.25) is 0 Å². The van der Waals surface area contributed by atoms with E-state index in [1.54, 1.807) is 18.1 Å². The molecule has 0 aliphatic carbocycles. The molecule has 3 amide bonds. The van der Waals surface area contributed by atoms with E-state index in [0.29, 0.717) is 37.2 Å². The van der Waals surface area contributed by atoms with Gasteiger partial charge in [0.25, 0.3) is 0 Å². The second-order valence-electron chi connectivity index (χ2n) is 10.1. The van der Waals surface area contributed by atoms with Crippen LogP contribution >= 0.6 is 0 Å². The molecule has 4 aromatic rings. The Balaban J connectivity index is 1.54. The molecule has 0 aliphatic heterocycles. The lowest BCUT2D eigenvalue weighted by atomic mass is 10.1. The van der Waals surface area contributed by atoms with Crippen molar-refractivity contribution < 1.29 is 27.5 Å². The number of rotatable bonds is 12. The van der Waals surface area contributed by atoms with Gasteiger partial charge in [0.05, 0.1) is 5.56 Å².